The highest BCUT2D eigenvalue weighted by Gasteiger charge is 2.29. The fourth-order valence-electron chi connectivity index (χ4n) is 2.42. The van der Waals surface area contributed by atoms with Gasteiger partial charge in [-0.25, -0.2) is 0 Å². The molecule has 0 bridgehead atoms. The van der Waals surface area contributed by atoms with Gasteiger partial charge in [0, 0.05) is 23.2 Å². The van der Waals surface area contributed by atoms with Gasteiger partial charge in [-0.3, -0.25) is 9.59 Å². The molecule has 112 valence electrons. The van der Waals surface area contributed by atoms with Gasteiger partial charge in [0.25, 0.3) is 5.91 Å². The third-order valence-corrected chi connectivity index (χ3v) is 3.92. The molecule has 4 nitrogen and oxygen atoms in total. The molecule has 3 rings (SSSR count). The summed E-state index contributed by atoms with van der Waals surface area (Å²) in [6.45, 7) is 1.70. The molecule has 22 heavy (non-hydrogen) atoms. The Bertz CT molecular complexity index is 755. The number of ketones is 1. The van der Waals surface area contributed by atoms with Crippen LogP contribution in [0.5, 0.6) is 5.75 Å². The van der Waals surface area contributed by atoms with Crippen molar-refractivity contribution < 1.29 is 14.3 Å². The molecule has 2 aromatic carbocycles. The first-order valence-corrected chi connectivity index (χ1v) is 7.23. The zero-order valence-electron chi connectivity index (χ0n) is 12.2. The fraction of sp³-hybridized carbons (Fsp3) is 0.176. The average Bonchev–Trinajstić information content (AvgIpc) is 2.52. The maximum Gasteiger partial charge on any atom is 0.267 e. The van der Waals surface area contributed by atoms with Gasteiger partial charge in [-0.15, -0.1) is 0 Å². The summed E-state index contributed by atoms with van der Waals surface area (Å²) in [7, 11) is 1.68. The van der Waals surface area contributed by atoms with Gasteiger partial charge >= 0.3 is 0 Å². The molecule has 0 radical (unpaired) electrons. The summed E-state index contributed by atoms with van der Waals surface area (Å²) in [6, 6.07) is 11.8. The van der Waals surface area contributed by atoms with Gasteiger partial charge in [-0.05, 0) is 49.4 Å². The number of fused-ring (bicyclic) bond motifs is 1. The zero-order valence-corrected chi connectivity index (χ0v) is 12.9. The number of halogens is 1. The van der Waals surface area contributed by atoms with Crippen molar-refractivity contribution in [2.24, 2.45) is 0 Å². The van der Waals surface area contributed by atoms with Crippen molar-refractivity contribution in [1.29, 1.82) is 0 Å². The lowest BCUT2D eigenvalue weighted by Gasteiger charge is -2.30. The summed E-state index contributed by atoms with van der Waals surface area (Å²) in [5, 5.41) is 0.578. The minimum atomic E-state index is -0.518. The van der Waals surface area contributed by atoms with E-state index < -0.39 is 6.10 Å². The number of ether oxygens (including phenoxy) is 1. The van der Waals surface area contributed by atoms with E-state index in [1.165, 1.54) is 4.90 Å². The van der Waals surface area contributed by atoms with Crippen LogP contribution in [0.25, 0.3) is 0 Å². The smallest absolute Gasteiger partial charge is 0.267 e. The van der Waals surface area contributed by atoms with E-state index in [9.17, 15) is 9.59 Å². The Kier molecular flexibility index (Phi) is 3.62. The summed E-state index contributed by atoms with van der Waals surface area (Å²) in [6.07, 6.45) is -0.518. The van der Waals surface area contributed by atoms with Crippen LogP contribution in [0.3, 0.4) is 0 Å². The van der Waals surface area contributed by atoms with E-state index in [2.05, 4.69) is 0 Å². The van der Waals surface area contributed by atoms with Gasteiger partial charge < -0.3 is 9.64 Å². The van der Waals surface area contributed by atoms with Crippen LogP contribution in [0.15, 0.2) is 42.5 Å². The molecular weight excluding hydrogens is 302 g/mol. The monoisotopic (exact) mass is 315 g/mol. The lowest BCUT2D eigenvalue weighted by molar-refractivity contribution is -0.125. The van der Waals surface area contributed by atoms with E-state index in [1.807, 2.05) is 0 Å². The topological polar surface area (TPSA) is 46.6 Å². The number of amides is 1. The number of carbonyl (C=O) groups excluding carboxylic acids is 2. The van der Waals surface area contributed by atoms with Gasteiger partial charge in [0.2, 0.25) is 0 Å². The molecule has 0 fully saturated rings. The first-order chi connectivity index (χ1) is 10.5. The maximum atomic E-state index is 12.5. The zero-order chi connectivity index (χ0) is 15.9. The SMILES string of the molecule is C[C@H]1Oc2ccc(C(=O)c3ccc(Cl)cc3)cc2N(C)C1=O. The standard InChI is InChI=1S/C17H14ClNO3/c1-10-17(21)19(2)14-9-12(5-8-15(14)22-10)16(20)11-3-6-13(18)7-4-11/h3-10H,1-2H3/t10-/m1/s1. The number of likely N-dealkylation sites (N-methyl/N-ethyl adjacent to an activating group) is 1. The van der Waals surface area contributed by atoms with E-state index in [4.69, 9.17) is 16.3 Å². The molecule has 0 aromatic heterocycles. The van der Waals surface area contributed by atoms with Crippen molar-refractivity contribution in [2.75, 3.05) is 11.9 Å². The second-order valence-electron chi connectivity index (χ2n) is 5.18. The van der Waals surface area contributed by atoms with Gasteiger partial charge in [-0.2, -0.15) is 0 Å². The molecule has 1 aliphatic heterocycles. The first-order valence-electron chi connectivity index (χ1n) is 6.86. The van der Waals surface area contributed by atoms with Crippen LogP contribution in [0.2, 0.25) is 5.02 Å². The van der Waals surface area contributed by atoms with Gasteiger partial charge in [-0.1, -0.05) is 11.6 Å². The Morgan fingerprint density at radius 2 is 1.77 bits per heavy atom. The minimum absolute atomic E-state index is 0.126. The first kappa shape index (κ1) is 14.6. The average molecular weight is 316 g/mol. The highest BCUT2D eigenvalue weighted by Crippen LogP contribution is 2.34. The van der Waals surface area contributed by atoms with E-state index in [0.29, 0.717) is 27.6 Å². The molecule has 1 heterocycles. The molecule has 1 amide bonds. The Balaban J connectivity index is 1.98. The van der Waals surface area contributed by atoms with Crippen LogP contribution in [-0.4, -0.2) is 24.8 Å². The molecular formula is C17H14ClNO3. The Morgan fingerprint density at radius 1 is 1.14 bits per heavy atom. The second-order valence-corrected chi connectivity index (χ2v) is 5.61. The van der Waals surface area contributed by atoms with Gasteiger partial charge in [0.05, 0.1) is 5.69 Å². The van der Waals surface area contributed by atoms with E-state index in [1.54, 1.807) is 56.4 Å². The highest BCUT2D eigenvalue weighted by molar-refractivity contribution is 6.30. The predicted octanol–water partition coefficient (Wildman–Crippen LogP) is 3.31. The summed E-state index contributed by atoms with van der Waals surface area (Å²) in [5.74, 6) is 0.338. The molecule has 0 unspecified atom stereocenters. The molecule has 0 N–H and O–H groups in total. The van der Waals surface area contributed by atoms with Crippen molar-refractivity contribution in [1.82, 2.24) is 0 Å². The molecule has 1 atom stereocenters. The Labute approximate surface area is 133 Å². The second kappa shape index (κ2) is 5.46. The van der Waals surface area contributed by atoms with Crippen LogP contribution in [0.1, 0.15) is 22.8 Å². The minimum Gasteiger partial charge on any atom is -0.479 e. The Hall–Kier alpha value is -2.33. The molecule has 0 saturated carbocycles. The third-order valence-electron chi connectivity index (χ3n) is 3.67. The molecule has 0 aliphatic carbocycles. The maximum absolute atomic E-state index is 12.5. The highest BCUT2D eigenvalue weighted by atomic mass is 35.5. The summed E-state index contributed by atoms with van der Waals surface area (Å²) in [4.78, 5) is 26.0. The summed E-state index contributed by atoms with van der Waals surface area (Å²) in [5.41, 5.74) is 1.64. The summed E-state index contributed by atoms with van der Waals surface area (Å²) >= 11 is 5.83. The number of anilines is 1. The van der Waals surface area contributed by atoms with Crippen molar-refractivity contribution in [3.8, 4) is 5.75 Å². The molecule has 1 aliphatic rings. The largest absolute Gasteiger partial charge is 0.479 e. The Morgan fingerprint density at radius 3 is 2.45 bits per heavy atom. The third kappa shape index (κ3) is 2.46. The van der Waals surface area contributed by atoms with Gasteiger partial charge in [0.1, 0.15) is 5.75 Å². The summed E-state index contributed by atoms with van der Waals surface area (Å²) < 4.78 is 5.55. The number of hydrogen-bond acceptors (Lipinski definition) is 3. The predicted molar refractivity (Wildman–Crippen MR) is 84.8 cm³/mol. The van der Waals surface area contributed by atoms with Crippen LogP contribution in [0.4, 0.5) is 5.69 Å². The lowest BCUT2D eigenvalue weighted by atomic mass is 10.0. The van der Waals surface area contributed by atoms with Crippen LogP contribution in [-0.2, 0) is 4.79 Å². The van der Waals surface area contributed by atoms with Crippen molar-refractivity contribution >= 4 is 29.0 Å². The van der Waals surface area contributed by atoms with Crippen LogP contribution < -0.4 is 9.64 Å². The van der Waals surface area contributed by atoms with Gasteiger partial charge in [0.15, 0.2) is 11.9 Å². The quantitative estimate of drug-likeness (QED) is 0.799. The van der Waals surface area contributed by atoms with Crippen molar-refractivity contribution in [2.45, 2.75) is 13.0 Å². The molecule has 0 saturated heterocycles. The number of benzene rings is 2. The van der Waals surface area contributed by atoms with Crippen molar-refractivity contribution in [3.63, 3.8) is 0 Å². The molecule has 0 spiro atoms. The normalized spacial score (nSPS) is 17.0. The molecule has 2 aromatic rings. The molecule has 5 heteroatoms. The van der Waals surface area contributed by atoms with Crippen LogP contribution >= 0.6 is 11.6 Å². The lowest BCUT2D eigenvalue weighted by Crippen LogP contribution is -2.42. The fourth-order valence-corrected chi connectivity index (χ4v) is 2.55. The van der Waals surface area contributed by atoms with Crippen molar-refractivity contribution in [3.05, 3.63) is 58.6 Å². The van der Waals surface area contributed by atoms with Crippen LogP contribution in [0, 0.1) is 0 Å². The number of hydrogen-bond donors (Lipinski definition) is 0. The number of nitrogens with zero attached hydrogens (tertiary/aromatic N) is 1. The van der Waals surface area contributed by atoms with E-state index >= 15 is 0 Å². The number of rotatable bonds is 2. The number of carbonyl (C=O) groups is 2. The van der Waals surface area contributed by atoms with E-state index in [-0.39, 0.29) is 11.7 Å². The van der Waals surface area contributed by atoms with E-state index in [0.717, 1.165) is 0 Å².